The minimum atomic E-state index is -1.46. The lowest BCUT2D eigenvalue weighted by Gasteiger charge is -2.29. The predicted octanol–water partition coefficient (Wildman–Crippen LogP) is 2.67. The van der Waals surface area contributed by atoms with Crippen LogP contribution in [0.2, 0.25) is 0 Å². The molecule has 2 aromatic rings. The average Bonchev–Trinajstić information content (AvgIpc) is 2.99. The Bertz CT molecular complexity index is 1290. The van der Waals surface area contributed by atoms with Gasteiger partial charge in [-0.2, -0.15) is 0 Å². The van der Waals surface area contributed by atoms with E-state index in [0.29, 0.717) is 0 Å². The molecule has 1 aliphatic rings. The van der Waals surface area contributed by atoms with Gasteiger partial charge in [0.2, 0.25) is 5.75 Å². The van der Waals surface area contributed by atoms with E-state index >= 15 is 0 Å². The third kappa shape index (κ3) is 8.05. The van der Waals surface area contributed by atoms with E-state index in [1.165, 1.54) is 26.3 Å². The van der Waals surface area contributed by atoms with Gasteiger partial charge in [0.1, 0.15) is 18.6 Å². The summed E-state index contributed by atoms with van der Waals surface area (Å²) in [5, 5.41) is 2.45. The number of carbonyl (C=O) groups excluding carboxylic acids is 5. The maximum Gasteiger partial charge on any atom is 0.332 e. The molecule has 1 fully saturated rings. The van der Waals surface area contributed by atoms with Crippen LogP contribution in [0.15, 0.2) is 42.6 Å². The summed E-state index contributed by atoms with van der Waals surface area (Å²) in [6.07, 6.45) is -0.816. The lowest BCUT2D eigenvalue weighted by molar-refractivity contribution is -0.176. The summed E-state index contributed by atoms with van der Waals surface area (Å²) in [7, 11) is 1.33. The summed E-state index contributed by atoms with van der Waals surface area (Å²) < 4.78 is 27.4. The molecule has 3 rings (SSSR count). The van der Waals surface area contributed by atoms with Gasteiger partial charge in [-0.15, -0.1) is 0 Å². The van der Waals surface area contributed by atoms with Gasteiger partial charge in [-0.1, -0.05) is 58.0 Å². The zero-order valence-electron chi connectivity index (χ0n) is 24.4. The first kappa shape index (κ1) is 32.0. The first-order valence-electron chi connectivity index (χ1n) is 13.6. The number of rotatable bonds is 9. The van der Waals surface area contributed by atoms with Crippen LogP contribution in [0.4, 0.5) is 0 Å². The molecule has 42 heavy (non-hydrogen) atoms. The molecule has 1 N–H and O–H groups in total. The highest BCUT2D eigenvalue weighted by molar-refractivity contribution is 5.99. The van der Waals surface area contributed by atoms with Gasteiger partial charge < -0.3 is 29.0 Å². The molecular weight excluding hydrogens is 548 g/mol. The second kappa shape index (κ2) is 14.4. The van der Waals surface area contributed by atoms with Crippen molar-refractivity contribution in [3.05, 3.63) is 53.9 Å². The van der Waals surface area contributed by atoms with E-state index < -0.39 is 72.4 Å². The van der Waals surface area contributed by atoms with Crippen molar-refractivity contribution in [2.75, 3.05) is 13.7 Å². The summed E-state index contributed by atoms with van der Waals surface area (Å²) in [6, 6.07) is 9.01. The van der Waals surface area contributed by atoms with E-state index in [1.54, 1.807) is 39.8 Å². The summed E-state index contributed by atoms with van der Waals surface area (Å²) in [6.45, 7) is 7.44. The Hall–Kier alpha value is -4.48. The number of carbonyl (C=O) groups is 5. The first-order chi connectivity index (χ1) is 19.9. The molecule has 0 radical (unpaired) electrons. The van der Waals surface area contributed by atoms with Gasteiger partial charge in [-0.05, 0) is 18.9 Å². The number of cyclic esters (lactones) is 2. The normalized spacial score (nSPS) is 20.9. The van der Waals surface area contributed by atoms with Crippen molar-refractivity contribution in [3.8, 4) is 11.5 Å². The van der Waals surface area contributed by atoms with Crippen molar-refractivity contribution in [1.29, 1.82) is 0 Å². The van der Waals surface area contributed by atoms with Crippen LogP contribution in [0.25, 0.3) is 0 Å². The largest absolute Gasteiger partial charge is 0.493 e. The summed E-state index contributed by atoms with van der Waals surface area (Å²) >= 11 is 0. The fraction of sp³-hybridized carbons (Fsp3) is 0.467. The van der Waals surface area contributed by atoms with Crippen molar-refractivity contribution in [2.24, 2.45) is 17.8 Å². The number of ether oxygens (including phenoxy) is 5. The number of aromatic nitrogens is 1. The lowest BCUT2D eigenvalue weighted by Crippen LogP contribution is -2.47. The third-order valence-electron chi connectivity index (χ3n) is 6.45. The number of hydrogen-bond donors (Lipinski definition) is 1. The number of pyridine rings is 1. The molecule has 1 aromatic heterocycles. The molecule has 12 heteroatoms. The van der Waals surface area contributed by atoms with E-state index in [2.05, 4.69) is 10.3 Å². The van der Waals surface area contributed by atoms with Gasteiger partial charge in [0.05, 0.1) is 18.9 Å². The Labute approximate surface area is 244 Å². The molecule has 1 aromatic carbocycles. The Balaban J connectivity index is 1.90. The minimum absolute atomic E-state index is 0.0693. The Kier molecular flexibility index (Phi) is 11.0. The van der Waals surface area contributed by atoms with Crippen molar-refractivity contribution in [3.63, 3.8) is 0 Å². The van der Waals surface area contributed by atoms with Crippen LogP contribution in [0.1, 0.15) is 50.7 Å². The number of amides is 1. The molecule has 226 valence electrons. The van der Waals surface area contributed by atoms with E-state index in [9.17, 15) is 24.0 Å². The standard InChI is InChI=1S/C30H36N2O10/c1-16(2)27(34)41-24-18(5)40-30(37)21(15-39-29(36)20(24)14-19-10-8-7-9-11-19)32-26(33)23-25(42-28(35)17(3)4)22(38-6)12-13-31-23/h7-13,16-18,20-21,24H,14-15H2,1-6H3,(H,32,33). The van der Waals surface area contributed by atoms with Crippen LogP contribution < -0.4 is 14.8 Å². The molecule has 12 nitrogen and oxygen atoms in total. The maximum atomic E-state index is 13.4. The van der Waals surface area contributed by atoms with Crippen LogP contribution in [0, 0.1) is 17.8 Å². The first-order valence-corrected chi connectivity index (χ1v) is 13.6. The van der Waals surface area contributed by atoms with Crippen LogP contribution in [-0.4, -0.2) is 66.7 Å². The quantitative estimate of drug-likeness (QED) is 0.341. The number of methoxy groups -OCH3 is 1. The average molecular weight is 585 g/mol. The van der Waals surface area contributed by atoms with Crippen LogP contribution in [-0.2, 0) is 39.8 Å². The van der Waals surface area contributed by atoms with Crippen LogP contribution >= 0.6 is 0 Å². The third-order valence-corrected chi connectivity index (χ3v) is 6.45. The Morgan fingerprint density at radius 1 is 1.00 bits per heavy atom. The van der Waals surface area contributed by atoms with Gasteiger partial charge in [0.25, 0.3) is 5.91 Å². The van der Waals surface area contributed by atoms with E-state index in [4.69, 9.17) is 23.7 Å². The molecule has 4 atom stereocenters. The van der Waals surface area contributed by atoms with E-state index in [0.717, 1.165) is 5.56 Å². The fourth-order valence-corrected chi connectivity index (χ4v) is 4.05. The molecule has 1 saturated heterocycles. The molecule has 1 aliphatic heterocycles. The van der Waals surface area contributed by atoms with E-state index in [-0.39, 0.29) is 23.6 Å². The zero-order valence-corrected chi connectivity index (χ0v) is 24.4. The van der Waals surface area contributed by atoms with Gasteiger partial charge in [-0.25, -0.2) is 9.78 Å². The minimum Gasteiger partial charge on any atom is -0.493 e. The van der Waals surface area contributed by atoms with Gasteiger partial charge in [-0.3, -0.25) is 19.2 Å². The Morgan fingerprint density at radius 3 is 2.29 bits per heavy atom. The second-order valence-corrected chi connectivity index (χ2v) is 10.4. The van der Waals surface area contributed by atoms with Gasteiger partial charge in [0, 0.05) is 12.3 Å². The summed E-state index contributed by atoms with van der Waals surface area (Å²) in [5.74, 6) is -5.98. The van der Waals surface area contributed by atoms with Crippen molar-refractivity contribution < 1.29 is 47.7 Å². The number of nitrogens with one attached hydrogen (secondary N) is 1. The number of hydrogen-bond acceptors (Lipinski definition) is 11. The number of nitrogens with zero attached hydrogens (tertiary/aromatic N) is 1. The zero-order chi connectivity index (χ0) is 31.0. The molecule has 4 unspecified atom stereocenters. The van der Waals surface area contributed by atoms with Gasteiger partial charge in [0.15, 0.2) is 23.6 Å². The number of benzene rings is 1. The summed E-state index contributed by atoms with van der Waals surface area (Å²) in [4.78, 5) is 68.8. The highest BCUT2D eigenvalue weighted by atomic mass is 16.6. The monoisotopic (exact) mass is 584 g/mol. The smallest absolute Gasteiger partial charge is 0.332 e. The van der Waals surface area contributed by atoms with Crippen molar-refractivity contribution in [1.82, 2.24) is 10.3 Å². The van der Waals surface area contributed by atoms with Crippen molar-refractivity contribution >= 4 is 29.8 Å². The number of esters is 4. The second-order valence-electron chi connectivity index (χ2n) is 10.4. The van der Waals surface area contributed by atoms with Crippen molar-refractivity contribution in [2.45, 2.75) is 59.3 Å². The highest BCUT2D eigenvalue weighted by Crippen LogP contribution is 2.31. The molecule has 0 bridgehead atoms. The highest BCUT2D eigenvalue weighted by Gasteiger charge is 2.42. The SMILES string of the molecule is COc1ccnc(C(=O)NC2COC(=O)C(Cc3ccccc3)C(OC(=O)C(C)C)C(C)OC2=O)c1OC(=O)C(C)C. The van der Waals surface area contributed by atoms with Crippen LogP contribution in [0.5, 0.6) is 11.5 Å². The predicted molar refractivity (Wildman–Crippen MR) is 147 cm³/mol. The molecule has 0 aliphatic carbocycles. The van der Waals surface area contributed by atoms with Crippen LogP contribution in [0.3, 0.4) is 0 Å². The summed E-state index contributed by atoms with van der Waals surface area (Å²) in [5.41, 5.74) is 0.446. The van der Waals surface area contributed by atoms with Gasteiger partial charge >= 0.3 is 23.9 Å². The molecule has 1 amide bonds. The maximum absolute atomic E-state index is 13.4. The Morgan fingerprint density at radius 2 is 1.67 bits per heavy atom. The lowest BCUT2D eigenvalue weighted by atomic mass is 9.91. The molecule has 0 spiro atoms. The molecule has 0 saturated carbocycles. The van der Waals surface area contributed by atoms with E-state index in [1.807, 2.05) is 18.2 Å². The fourth-order valence-electron chi connectivity index (χ4n) is 4.05. The topological polar surface area (TPSA) is 156 Å². The molecular formula is C30H36N2O10. The molecule has 2 heterocycles.